The maximum atomic E-state index is 12.4. The molecule has 139 heavy (non-hydrogen) atoms. The van der Waals surface area contributed by atoms with Crippen LogP contribution in [0.25, 0.3) is 0 Å². The molecule has 6 rings (SSSR count). The van der Waals surface area contributed by atoms with Gasteiger partial charge >= 0.3 is 39.9 Å². The molecule has 0 unspecified atom stereocenters. The number of aromatic nitrogens is 6. The summed E-state index contributed by atoms with van der Waals surface area (Å²) < 4.78 is 81.9. The Hall–Kier alpha value is -11.2. The van der Waals surface area contributed by atoms with Gasteiger partial charge in [0.1, 0.15) is 22.4 Å². The molecule has 0 fully saturated rings. The van der Waals surface area contributed by atoms with Crippen molar-refractivity contribution in [3.05, 3.63) is 139 Å². The van der Waals surface area contributed by atoms with Gasteiger partial charge in [0.2, 0.25) is 11.9 Å². The van der Waals surface area contributed by atoms with Gasteiger partial charge < -0.3 is 87.8 Å². The molecule has 0 saturated heterocycles. The average molecular weight is 2190 g/mol. The fraction of sp³-hybridized carbons (Fsp3) is 0.469. The number of hydrogen-bond acceptors (Lipinski definition) is 31. The fourth-order valence-corrected chi connectivity index (χ4v) is 11.1. The first-order valence-electron chi connectivity index (χ1n) is 40.9. The minimum atomic E-state index is -6.03. The monoisotopic (exact) mass is 2180 g/mol. The number of sulfonamides is 1. The molecule has 3 heterocycles. The number of alkyl halides is 3. The zero-order valence-corrected chi connectivity index (χ0v) is 87.2. The highest BCUT2D eigenvalue weighted by molar-refractivity contribution is 7.91. The molecule has 58 heteroatoms. The van der Waals surface area contributed by atoms with Gasteiger partial charge in [-0.25, -0.2) is 49.1 Å². The van der Waals surface area contributed by atoms with E-state index in [1.165, 1.54) is 69.4 Å². The summed E-state index contributed by atoms with van der Waals surface area (Å²) in [7, 11) is -6.03. The van der Waals surface area contributed by atoms with Crippen LogP contribution in [0.4, 0.5) is 67.3 Å². The normalized spacial score (nSPS) is 11.2. The Labute approximate surface area is 863 Å². The van der Waals surface area contributed by atoms with Gasteiger partial charge in [-0.3, -0.25) is 76.6 Å². The molecule has 31 N–H and O–H groups in total. The van der Waals surface area contributed by atoms with Gasteiger partial charge in [0.15, 0.2) is 91.3 Å². The molecule has 6 aromatic rings. The van der Waals surface area contributed by atoms with Crippen LogP contribution >= 0.6 is 122 Å². The van der Waals surface area contributed by atoms with E-state index >= 15 is 0 Å². The molecule has 0 radical (unpaired) electrons. The number of halogens is 13. The van der Waals surface area contributed by atoms with Crippen molar-refractivity contribution in [2.45, 2.75) is 207 Å². The van der Waals surface area contributed by atoms with E-state index in [0.29, 0.717) is 45.7 Å². The molecule has 3 aromatic heterocycles. The molecule has 0 aliphatic heterocycles. The first-order valence-corrected chi connectivity index (χ1v) is 43.5. The van der Waals surface area contributed by atoms with Crippen molar-refractivity contribution in [3.63, 3.8) is 0 Å². The SMILES string of the molecule is CC(C)(C)OC(=O)NC(=NCCCc1ccc(CCCCN=C(N)NC(=O)c2nc(Cl)c(N)nc2N)cc1)NC(=O)OC(C)(C)C.CC(C)(C)OC(=O)NC(=NS(=O)(=O)C(F)(F)F)NC(=O)OC(C)(C)C.Cl.Cl.Cl.Cl.Cl.Cl.Cl.NC(N)=NCCCc1ccc(CCCCN=C(N)NC(=O)c2nc(Cl)c(N)nc2N)cc1.NCCCc1ccc(CCCCN=C(N)NC(=O)c2nc(Cl)c(N)nc2N)cc1. The van der Waals surface area contributed by atoms with E-state index in [9.17, 15) is 55.2 Å². The lowest BCUT2D eigenvalue weighted by Gasteiger charge is -2.22. The van der Waals surface area contributed by atoms with E-state index in [-0.39, 0.29) is 184 Å². The van der Waals surface area contributed by atoms with E-state index in [2.05, 4.69) is 159 Å². The Morgan fingerprint density at radius 1 is 0.331 bits per heavy atom. The van der Waals surface area contributed by atoms with Crippen LogP contribution < -0.4 is 106 Å². The third-order valence-corrected chi connectivity index (χ3v) is 17.9. The van der Waals surface area contributed by atoms with E-state index in [4.69, 9.17) is 123 Å². The summed E-state index contributed by atoms with van der Waals surface area (Å²) in [5, 5.41) is 15.1. The van der Waals surface area contributed by atoms with Gasteiger partial charge in [0.25, 0.3) is 17.7 Å². The number of amides is 7. The van der Waals surface area contributed by atoms with Crippen LogP contribution in [0.3, 0.4) is 0 Å². The van der Waals surface area contributed by atoms with Crippen LogP contribution in [0.2, 0.25) is 15.5 Å². The summed E-state index contributed by atoms with van der Waals surface area (Å²) in [6.45, 7) is 22.2. The average Bonchev–Trinajstić information content (AvgIpc) is 0.827. The molecule has 0 bridgehead atoms. The molecular weight excluding hydrogens is 2060 g/mol. The second-order valence-corrected chi connectivity index (χ2v) is 35.1. The fourth-order valence-electron chi connectivity index (χ4n) is 10.2. The van der Waals surface area contributed by atoms with E-state index < -0.39 is 86.0 Å². The Balaban J connectivity index is -0.000000579. The number of nitrogens with two attached hydrogens (primary N) is 12. The largest absolute Gasteiger partial charge is 0.518 e. The number of aliphatic imine (C=N–C) groups is 5. The van der Waals surface area contributed by atoms with E-state index in [0.717, 1.165) is 95.5 Å². The highest BCUT2D eigenvalue weighted by Crippen LogP contribution is 2.26. The maximum Gasteiger partial charge on any atom is 0.518 e. The number of guanidine groups is 6. The van der Waals surface area contributed by atoms with Gasteiger partial charge in [-0.1, -0.05) is 108 Å². The molecule has 7 amide bonds. The van der Waals surface area contributed by atoms with E-state index in [1.807, 2.05) is 0 Å². The van der Waals surface area contributed by atoms with Gasteiger partial charge in [-0.2, -0.15) is 21.6 Å². The zero-order chi connectivity index (χ0) is 99.5. The third-order valence-electron chi connectivity index (χ3n) is 16.1. The second kappa shape index (κ2) is 66.4. The Bertz CT molecular complexity index is 5110. The molecule has 0 spiro atoms. The van der Waals surface area contributed by atoms with Crippen molar-refractivity contribution in [3.8, 4) is 0 Å². The summed E-state index contributed by atoms with van der Waals surface area (Å²) in [5.41, 5.74) is 64.6. The summed E-state index contributed by atoms with van der Waals surface area (Å²) in [5.74, 6) is -3.97. The number of carbonyl (C=O) groups is 7. The Morgan fingerprint density at radius 2 is 0.554 bits per heavy atom. The van der Waals surface area contributed by atoms with Gasteiger partial charge in [0, 0.05) is 32.7 Å². The molecule has 0 saturated carbocycles. The van der Waals surface area contributed by atoms with Crippen molar-refractivity contribution < 1.29 is 74.1 Å². The summed E-state index contributed by atoms with van der Waals surface area (Å²) in [6.07, 6.45) is 8.99. The topological polar surface area (TPSA) is 738 Å². The molecule has 782 valence electrons. The first kappa shape index (κ1) is 136. The van der Waals surface area contributed by atoms with Crippen molar-refractivity contribution in [1.29, 1.82) is 0 Å². The number of nitrogens with zero attached hydrogens (tertiary/aromatic N) is 12. The number of nitrogens with one attached hydrogen (secondary N) is 7. The van der Waals surface area contributed by atoms with Crippen LogP contribution in [0.15, 0.2) is 102 Å². The van der Waals surface area contributed by atoms with Crippen LogP contribution in [-0.4, -0.2) is 183 Å². The molecule has 44 nitrogen and oxygen atoms in total. The van der Waals surface area contributed by atoms with Crippen molar-refractivity contribution >= 4 is 244 Å². The van der Waals surface area contributed by atoms with Crippen LogP contribution in [0.1, 0.15) is 206 Å². The standard InChI is InChI=1S/C30H45ClN10O5.C20H29ClN10O.C19H27ClN8O.C12H20F3N3O6S.7ClH/c1-29(2,3)45-27(43)40-26(41-28(44)46-30(4,5)6)36-17-9-11-19-14-12-18(13-15-19)10-7-8-16-35-25(34)39-24(42)20-22(32)38-23(33)21(31)37-20;21-15-17(23)30-16(22)14(29-15)18(32)31-20(26)28-10-2-1-4-12-6-8-13(9-7-12)5-3-11-27-19(24)25;20-15-17(23)27-16(22)14(26-15)18(29)28-19(24)25-11-2-1-4-12-6-8-13(9-7-12)5-3-10-21;1-10(2,3)23-8(19)16-7(17-9(20)24-11(4,5)6)18-25(21,22)12(13,14)15;;;;;;;/h12-15H,7-11,16-17H2,1-6H3,(H4,32,33,38)(H3,34,35,39,42)(H2,36,40,41,43,44);6-9H,1-5,10-11H2,(H4,22,23,30)(H4,24,25,27)(H3,26,28,31,32);6-9H,1-5,10-11,21H2,(H4,22,23,27)(H3,24,25,28,29);1-6H3,(H2,16,17,18,19,20);7*1H. The predicted molar refractivity (Wildman–Crippen MR) is 555 cm³/mol. The number of nitrogen functional groups attached to an aromatic ring is 6. The van der Waals surface area contributed by atoms with Crippen LogP contribution in [-0.2, 0) is 67.5 Å². The maximum absolute atomic E-state index is 12.4. The zero-order valence-electron chi connectivity index (χ0n) is 78.4. The highest BCUT2D eigenvalue weighted by atomic mass is 35.5. The Kier molecular flexibility index (Phi) is 65.1. The van der Waals surface area contributed by atoms with Crippen LogP contribution in [0.5, 0.6) is 0 Å². The predicted octanol–water partition coefficient (Wildman–Crippen LogP) is 10.7. The van der Waals surface area contributed by atoms with E-state index in [1.54, 1.807) is 52.2 Å². The number of unbranched alkanes of at least 4 members (excludes halogenated alkanes) is 3. The summed E-state index contributed by atoms with van der Waals surface area (Å²) >= 11 is 17.3. The Morgan fingerprint density at radius 3 is 0.784 bits per heavy atom. The number of benzene rings is 3. The third kappa shape index (κ3) is 59.1. The molecule has 0 atom stereocenters. The lowest BCUT2D eigenvalue weighted by Crippen LogP contribution is -2.48. The molecule has 3 aromatic carbocycles. The summed E-state index contributed by atoms with van der Waals surface area (Å²) in [6, 6.07) is 25.3. The van der Waals surface area contributed by atoms with Crippen molar-refractivity contribution in [2.75, 3.05) is 73.7 Å². The summed E-state index contributed by atoms with van der Waals surface area (Å²) in [4.78, 5) is 128. The van der Waals surface area contributed by atoms with Crippen molar-refractivity contribution in [1.82, 2.24) is 67.1 Å². The lowest BCUT2D eigenvalue weighted by atomic mass is 10.0. The smallest absolute Gasteiger partial charge is 0.444 e. The lowest BCUT2D eigenvalue weighted by molar-refractivity contribution is -0.0436. The van der Waals surface area contributed by atoms with Gasteiger partial charge in [-0.15, -0.1) is 91.2 Å². The first-order chi connectivity index (χ1) is 61.4. The second-order valence-electron chi connectivity index (χ2n) is 32.4. The number of rotatable bonds is 30. The van der Waals surface area contributed by atoms with Gasteiger partial charge in [-0.05, 0) is 219 Å². The van der Waals surface area contributed by atoms with Crippen LogP contribution in [0, 0.1) is 0 Å². The molecule has 0 aliphatic rings. The van der Waals surface area contributed by atoms with Gasteiger partial charge in [0.05, 0.1) is 0 Å². The molecule has 0 aliphatic carbocycles. The number of carbonyl (C=O) groups excluding carboxylic acids is 7. The number of alkyl carbamates (subject to hydrolysis) is 4. The minimum Gasteiger partial charge on any atom is -0.444 e. The minimum absolute atomic E-state index is 0. The number of anilines is 6. The van der Waals surface area contributed by atoms with Crippen molar-refractivity contribution in [2.24, 2.45) is 63.8 Å². The highest BCUT2D eigenvalue weighted by Gasteiger charge is 2.47. The number of ether oxygens (including phenoxy) is 4. The quantitative estimate of drug-likeness (QED) is 0.00862. The number of hydrogen-bond donors (Lipinski definition) is 19. The molecular formula is C81H128Cl10F3N31O13S. The number of aryl methyl sites for hydroxylation is 6.